The first-order valence-corrected chi connectivity index (χ1v) is 6.94. The van der Waals surface area contributed by atoms with Crippen LogP contribution in [0, 0.1) is 10.1 Å². The molecule has 2 rings (SSSR count). The van der Waals surface area contributed by atoms with Gasteiger partial charge in [-0.1, -0.05) is 23.9 Å². The molecule has 0 aliphatic heterocycles. The monoisotopic (exact) mass is 304 g/mol. The summed E-state index contributed by atoms with van der Waals surface area (Å²) in [5.74, 6) is -0.346. The summed E-state index contributed by atoms with van der Waals surface area (Å²) in [6, 6.07) is 7.69. The molecule has 2 aromatic rings. The summed E-state index contributed by atoms with van der Waals surface area (Å²) in [4.78, 5) is 30.5. The number of hydrogen-bond donors (Lipinski definition) is 1. The maximum Gasteiger partial charge on any atom is 0.292 e. The van der Waals surface area contributed by atoms with E-state index in [2.05, 4.69) is 15.3 Å². The number of hydrogen-bond acceptors (Lipinski definition) is 6. The molecule has 1 aromatic carbocycles. The molecule has 0 radical (unpaired) electrons. The van der Waals surface area contributed by atoms with Gasteiger partial charge in [0.2, 0.25) is 5.91 Å². The number of rotatable bonds is 5. The number of nitro groups is 1. The fraction of sp³-hybridized carbons (Fsp3) is 0.154. The van der Waals surface area contributed by atoms with Crippen LogP contribution in [0.15, 0.2) is 47.9 Å². The Hall–Kier alpha value is -2.48. The van der Waals surface area contributed by atoms with E-state index in [1.807, 2.05) is 0 Å². The smallest absolute Gasteiger partial charge is 0.292 e. The average molecular weight is 304 g/mol. The van der Waals surface area contributed by atoms with Gasteiger partial charge in [-0.25, -0.2) is 9.97 Å². The van der Waals surface area contributed by atoms with Crippen LogP contribution in [-0.4, -0.2) is 26.0 Å². The number of anilines is 1. The predicted octanol–water partition coefficient (Wildman–Crippen LogP) is 2.50. The molecule has 0 bridgehead atoms. The molecule has 0 saturated heterocycles. The van der Waals surface area contributed by atoms with Crippen LogP contribution in [0.2, 0.25) is 0 Å². The number of aromatic nitrogens is 2. The van der Waals surface area contributed by atoms with Gasteiger partial charge >= 0.3 is 0 Å². The highest BCUT2D eigenvalue weighted by Gasteiger charge is 2.20. The van der Waals surface area contributed by atoms with Gasteiger partial charge in [0.25, 0.3) is 5.69 Å². The normalized spacial score (nSPS) is 11.7. The zero-order chi connectivity index (χ0) is 15.2. The van der Waals surface area contributed by atoms with Crippen molar-refractivity contribution in [2.75, 3.05) is 5.32 Å². The van der Waals surface area contributed by atoms with E-state index in [-0.39, 0.29) is 17.3 Å². The first-order chi connectivity index (χ1) is 10.1. The largest absolute Gasteiger partial charge is 0.319 e. The Labute approximate surface area is 125 Å². The van der Waals surface area contributed by atoms with Crippen LogP contribution in [0.5, 0.6) is 0 Å². The lowest BCUT2D eigenvalue weighted by Gasteiger charge is -2.11. The third kappa shape index (κ3) is 3.99. The van der Waals surface area contributed by atoms with Crippen molar-refractivity contribution >= 4 is 29.0 Å². The maximum atomic E-state index is 12.1. The van der Waals surface area contributed by atoms with Gasteiger partial charge in [0.05, 0.1) is 10.2 Å². The molecule has 0 aliphatic rings. The summed E-state index contributed by atoms with van der Waals surface area (Å²) in [5, 5.41) is 13.4. The van der Waals surface area contributed by atoms with Crippen molar-refractivity contribution < 1.29 is 9.72 Å². The molecule has 0 saturated carbocycles. The molecule has 21 heavy (non-hydrogen) atoms. The van der Waals surface area contributed by atoms with Gasteiger partial charge < -0.3 is 5.32 Å². The van der Waals surface area contributed by atoms with Crippen LogP contribution in [0.3, 0.4) is 0 Å². The van der Waals surface area contributed by atoms with Crippen LogP contribution >= 0.6 is 11.8 Å². The van der Waals surface area contributed by atoms with Gasteiger partial charge in [0, 0.05) is 18.5 Å². The van der Waals surface area contributed by atoms with E-state index in [0.717, 1.165) is 0 Å². The van der Waals surface area contributed by atoms with E-state index >= 15 is 0 Å². The first kappa shape index (κ1) is 14.9. The zero-order valence-corrected chi connectivity index (χ0v) is 11.9. The summed E-state index contributed by atoms with van der Waals surface area (Å²) < 4.78 is 0. The van der Waals surface area contributed by atoms with E-state index in [9.17, 15) is 14.9 Å². The Morgan fingerprint density at radius 1 is 1.29 bits per heavy atom. The summed E-state index contributed by atoms with van der Waals surface area (Å²) in [5.41, 5.74) is 0.0351. The van der Waals surface area contributed by atoms with E-state index in [1.165, 1.54) is 23.9 Å². The van der Waals surface area contributed by atoms with Crippen molar-refractivity contribution in [3.05, 3.63) is 52.8 Å². The van der Waals surface area contributed by atoms with E-state index in [4.69, 9.17) is 0 Å². The molecule has 1 atom stereocenters. The van der Waals surface area contributed by atoms with Crippen molar-refractivity contribution in [1.29, 1.82) is 0 Å². The third-order valence-electron chi connectivity index (χ3n) is 2.55. The molecule has 1 heterocycles. The Balaban J connectivity index is 2.06. The summed E-state index contributed by atoms with van der Waals surface area (Å²) in [6.07, 6.45) is 3.17. The molecule has 0 fully saturated rings. The minimum Gasteiger partial charge on any atom is -0.319 e. The number of carbonyl (C=O) groups excluding carboxylic acids is 1. The fourth-order valence-corrected chi connectivity index (χ4v) is 2.26. The van der Waals surface area contributed by atoms with Gasteiger partial charge in [0.1, 0.15) is 5.69 Å². The second kappa shape index (κ2) is 6.80. The number of nitrogens with zero attached hydrogens (tertiary/aromatic N) is 3. The average Bonchev–Trinajstić information content (AvgIpc) is 2.48. The van der Waals surface area contributed by atoms with Crippen molar-refractivity contribution in [3.8, 4) is 0 Å². The second-order valence-electron chi connectivity index (χ2n) is 4.05. The molecule has 0 aliphatic carbocycles. The SMILES string of the molecule is C[C@@H](Sc1ncccn1)C(=O)Nc1ccccc1[N+](=O)[O-]. The summed E-state index contributed by atoms with van der Waals surface area (Å²) in [7, 11) is 0. The second-order valence-corrected chi connectivity index (χ2v) is 5.36. The van der Waals surface area contributed by atoms with Crippen LogP contribution in [0.4, 0.5) is 11.4 Å². The van der Waals surface area contributed by atoms with Gasteiger partial charge in [-0.15, -0.1) is 0 Å². The highest BCUT2D eigenvalue weighted by Crippen LogP contribution is 2.25. The number of carbonyl (C=O) groups is 1. The van der Waals surface area contributed by atoms with Gasteiger partial charge in [-0.05, 0) is 19.1 Å². The fourth-order valence-electron chi connectivity index (χ4n) is 1.53. The van der Waals surface area contributed by atoms with Crippen molar-refractivity contribution in [3.63, 3.8) is 0 Å². The number of nitrogens with one attached hydrogen (secondary N) is 1. The zero-order valence-electron chi connectivity index (χ0n) is 11.1. The molecule has 8 heteroatoms. The molecule has 1 amide bonds. The van der Waals surface area contributed by atoms with E-state index in [0.29, 0.717) is 5.16 Å². The maximum absolute atomic E-state index is 12.1. The lowest BCUT2D eigenvalue weighted by atomic mass is 10.2. The van der Waals surface area contributed by atoms with Crippen molar-refractivity contribution in [1.82, 2.24) is 9.97 Å². The van der Waals surface area contributed by atoms with Gasteiger partial charge in [-0.3, -0.25) is 14.9 Å². The topological polar surface area (TPSA) is 98.0 Å². The molecule has 0 unspecified atom stereocenters. The van der Waals surface area contributed by atoms with E-state index in [1.54, 1.807) is 37.5 Å². The quantitative estimate of drug-likeness (QED) is 0.394. The number of benzene rings is 1. The highest BCUT2D eigenvalue weighted by molar-refractivity contribution is 8.00. The van der Waals surface area contributed by atoms with Crippen LogP contribution < -0.4 is 5.32 Å². The number of nitro benzene ring substituents is 1. The molecule has 1 N–H and O–H groups in total. The molecule has 1 aromatic heterocycles. The highest BCUT2D eigenvalue weighted by atomic mass is 32.2. The van der Waals surface area contributed by atoms with Crippen LogP contribution in [0.25, 0.3) is 0 Å². The Morgan fingerprint density at radius 2 is 1.95 bits per heavy atom. The van der Waals surface area contributed by atoms with Gasteiger partial charge in [-0.2, -0.15) is 0 Å². The molecule has 108 valence electrons. The number of para-hydroxylation sites is 2. The van der Waals surface area contributed by atoms with Crippen LogP contribution in [-0.2, 0) is 4.79 Å². The first-order valence-electron chi connectivity index (χ1n) is 6.06. The summed E-state index contributed by atoms with van der Waals surface area (Å²) >= 11 is 1.18. The lowest BCUT2D eigenvalue weighted by Crippen LogP contribution is -2.23. The minimum absolute atomic E-state index is 0.140. The molecule has 0 spiro atoms. The Kier molecular flexibility index (Phi) is 4.83. The lowest BCUT2D eigenvalue weighted by molar-refractivity contribution is -0.383. The number of amides is 1. The summed E-state index contributed by atoms with van der Waals surface area (Å²) in [6.45, 7) is 1.69. The minimum atomic E-state index is -0.534. The Bertz CT molecular complexity index is 651. The molecular formula is C13H12N4O3S. The molecular weight excluding hydrogens is 292 g/mol. The number of thioether (sulfide) groups is 1. The van der Waals surface area contributed by atoms with Gasteiger partial charge in [0.15, 0.2) is 5.16 Å². The molecule has 7 nitrogen and oxygen atoms in total. The predicted molar refractivity (Wildman–Crippen MR) is 79.1 cm³/mol. The van der Waals surface area contributed by atoms with Crippen LogP contribution in [0.1, 0.15) is 6.92 Å². The van der Waals surface area contributed by atoms with E-state index < -0.39 is 10.2 Å². The van der Waals surface area contributed by atoms with Crippen molar-refractivity contribution in [2.24, 2.45) is 0 Å². The van der Waals surface area contributed by atoms with Crippen molar-refractivity contribution in [2.45, 2.75) is 17.3 Å². The Morgan fingerprint density at radius 3 is 2.62 bits per heavy atom. The standard InChI is InChI=1S/C13H12N4O3S/c1-9(21-13-14-7-4-8-15-13)12(18)16-10-5-2-3-6-11(10)17(19)20/h2-9H,1H3,(H,16,18)/t9-/m1/s1. The third-order valence-corrected chi connectivity index (χ3v) is 3.54.